The molecule has 0 unspecified atom stereocenters. The first-order valence-electron chi connectivity index (χ1n) is 6.79. The van der Waals surface area contributed by atoms with Crippen molar-refractivity contribution in [3.05, 3.63) is 19.8 Å². The highest BCUT2D eigenvalue weighted by Gasteiger charge is 2.17. The summed E-state index contributed by atoms with van der Waals surface area (Å²) >= 11 is 11.1. The summed E-state index contributed by atoms with van der Waals surface area (Å²) in [6.07, 6.45) is 7.04. The second-order valence-electron chi connectivity index (χ2n) is 5.43. The lowest BCUT2D eigenvalue weighted by molar-refractivity contribution is 0.275. The first-order chi connectivity index (χ1) is 8.65. The van der Waals surface area contributed by atoms with Crippen LogP contribution in [0.25, 0.3) is 0 Å². The first-order valence-corrected chi connectivity index (χ1v) is 8.78. The van der Waals surface area contributed by atoms with Crippen molar-refractivity contribution < 1.29 is 0 Å². The Morgan fingerprint density at radius 1 is 1.39 bits per heavy atom. The van der Waals surface area contributed by atoms with Crippen molar-refractivity contribution >= 4 is 38.9 Å². The molecule has 0 aliphatic heterocycles. The smallest absolute Gasteiger partial charge is 0.107 e. The Labute approximate surface area is 127 Å². The van der Waals surface area contributed by atoms with E-state index in [0.29, 0.717) is 0 Å². The second-order valence-corrected chi connectivity index (χ2v) is 8.02. The second kappa shape index (κ2) is 7.28. The SMILES string of the molecule is CC1CCC(CCNCc2cc(Br)c(Cl)s2)CC1. The molecule has 0 bridgehead atoms. The first kappa shape index (κ1) is 14.8. The highest BCUT2D eigenvalue weighted by Crippen LogP contribution is 2.32. The van der Waals surface area contributed by atoms with Gasteiger partial charge in [0.1, 0.15) is 4.34 Å². The van der Waals surface area contributed by atoms with Crippen LogP contribution in [0.3, 0.4) is 0 Å². The molecule has 0 aromatic carbocycles. The zero-order valence-electron chi connectivity index (χ0n) is 10.8. The van der Waals surface area contributed by atoms with Gasteiger partial charge in [-0.2, -0.15) is 0 Å². The molecule has 1 nitrogen and oxygen atoms in total. The van der Waals surface area contributed by atoms with Crippen LogP contribution in [0.4, 0.5) is 0 Å². The maximum Gasteiger partial charge on any atom is 0.107 e. The van der Waals surface area contributed by atoms with E-state index in [1.54, 1.807) is 11.3 Å². The van der Waals surface area contributed by atoms with Gasteiger partial charge in [0, 0.05) is 15.9 Å². The summed E-state index contributed by atoms with van der Waals surface area (Å²) in [7, 11) is 0. The largest absolute Gasteiger partial charge is 0.312 e. The summed E-state index contributed by atoms with van der Waals surface area (Å²) in [6, 6.07) is 2.11. The third-order valence-electron chi connectivity index (χ3n) is 3.86. The van der Waals surface area contributed by atoms with E-state index in [2.05, 4.69) is 34.2 Å². The number of hydrogen-bond donors (Lipinski definition) is 1. The van der Waals surface area contributed by atoms with E-state index in [0.717, 1.165) is 33.7 Å². The molecular formula is C14H21BrClNS. The van der Waals surface area contributed by atoms with Gasteiger partial charge in [0.2, 0.25) is 0 Å². The molecule has 1 heterocycles. The van der Waals surface area contributed by atoms with Crippen LogP contribution < -0.4 is 5.32 Å². The van der Waals surface area contributed by atoms with Gasteiger partial charge in [0.15, 0.2) is 0 Å². The molecule has 1 aromatic heterocycles. The van der Waals surface area contributed by atoms with Crippen LogP contribution in [0, 0.1) is 11.8 Å². The Hall–Kier alpha value is 0.430. The predicted molar refractivity (Wildman–Crippen MR) is 84.5 cm³/mol. The average molecular weight is 351 g/mol. The van der Waals surface area contributed by atoms with Crippen LogP contribution in [0.15, 0.2) is 10.5 Å². The van der Waals surface area contributed by atoms with Crippen LogP contribution in [0.1, 0.15) is 43.9 Å². The molecule has 0 amide bonds. The van der Waals surface area contributed by atoms with E-state index in [-0.39, 0.29) is 0 Å². The lowest BCUT2D eigenvalue weighted by Crippen LogP contribution is -2.20. The fourth-order valence-corrected chi connectivity index (χ4v) is 4.37. The van der Waals surface area contributed by atoms with Gasteiger partial charge in [-0.3, -0.25) is 0 Å². The molecular weight excluding hydrogens is 330 g/mol. The summed E-state index contributed by atoms with van der Waals surface area (Å²) in [6.45, 7) is 4.46. The summed E-state index contributed by atoms with van der Waals surface area (Å²) in [5, 5.41) is 3.53. The van der Waals surface area contributed by atoms with Crippen LogP contribution in [0.2, 0.25) is 4.34 Å². The third-order valence-corrected chi connectivity index (χ3v) is 6.33. The Bertz CT molecular complexity index is 352. The van der Waals surface area contributed by atoms with Crippen LogP contribution >= 0.6 is 38.9 Å². The molecule has 0 saturated heterocycles. The van der Waals surface area contributed by atoms with Crippen LogP contribution in [-0.4, -0.2) is 6.54 Å². The minimum Gasteiger partial charge on any atom is -0.312 e. The lowest BCUT2D eigenvalue weighted by atomic mass is 9.81. The van der Waals surface area contributed by atoms with Gasteiger partial charge in [-0.1, -0.05) is 44.2 Å². The number of thiophene rings is 1. The normalized spacial score (nSPS) is 24.4. The van der Waals surface area contributed by atoms with Crippen molar-refractivity contribution in [2.24, 2.45) is 11.8 Å². The number of nitrogens with one attached hydrogen (secondary N) is 1. The van der Waals surface area contributed by atoms with Crippen molar-refractivity contribution in [2.45, 2.75) is 45.6 Å². The zero-order valence-corrected chi connectivity index (χ0v) is 14.0. The minimum atomic E-state index is 0.855. The van der Waals surface area contributed by atoms with Gasteiger partial charge in [0.25, 0.3) is 0 Å². The molecule has 4 heteroatoms. The third kappa shape index (κ3) is 4.52. The molecule has 1 N–H and O–H groups in total. The molecule has 0 radical (unpaired) electrons. The Morgan fingerprint density at radius 2 is 2.11 bits per heavy atom. The maximum atomic E-state index is 6.02. The molecule has 0 spiro atoms. The van der Waals surface area contributed by atoms with Crippen molar-refractivity contribution in [1.82, 2.24) is 5.32 Å². The van der Waals surface area contributed by atoms with Crippen LogP contribution in [0.5, 0.6) is 0 Å². The van der Waals surface area contributed by atoms with Gasteiger partial charge in [-0.25, -0.2) is 0 Å². The van der Waals surface area contributed by atoms with E-state index < -0.39 is 0 Å². The fourth-order valence-electron chi connectivity index (χ4n) is 2.61. The Morgan fingerprint density at radius 3 is 2.72 bits per heavy atom. The van der Waals surface area contributed by atoms with Crippen molar-refractivity contribution in [2.75, 3.05) is 6.54 Å². The molecule has 2 rings (SSSR count). The van der Waals surface area contributed by atoms with Crippen LogP contribution in [-0.2, 0) is 6.54 Å². The Balaban J connectivity index is 1.61. The summed E-state index contributed by atoms with van der Waals surface area (Å²) in [5.41, 5.74) is 0. The van der Waals surface area contributed by atoms with E-state index in [4.69, 9.17) is 11.6 Å². The van der Waals surface area contributed by atoms with E-state index >= 15 is 0 Å². The highest BCUT2D eigenvalue weighted by atomic mass is 79.9. The monoisotopic (exact) mass is 349 g/mol. The van der Waals surface area contributed by atoms with Crippen molar-refractivity contribution in [3.63, 3.8) is 0 Å². The zero-order chi connectivity index (χ0) is 13.0. The standard InChI is InChI=1S/C14H21BrClNS/c1-10-2-4-11(5-3-10)6-7-17-9-12-8-13(15)14(16)18-12/h8,10-11,17H,2-7,9H2,1H3. The molecule has 18 heavy (non-hydrogen) atoms. The fraction of sp³-hybridized carbons (Fsp3) is 0.714. The van der Waals surface area contributed by atoms with Gasteiger partial charge >= 0.3 is 0 Å². The Kier molecular flexibility index (Phi) is 5.99. The topological polar surface area (TPSA) is 12.0 Å². The van der Waals surface area contributed by atoms with Crippen molar-refractivity contribution in [3.8, 4) is 0 Å². The molecule has 102 valence electrons. The molecule has 1 fully saturated rings. The molecule has 1 saturated carbocycles. The average Bonchev–Trinajstić information content (AvgIpc) is 2.67. The summed E-state index contributed by atoms with van der Waals surface area (Å²) < 4.78 is 1.88. The maximum absolute atomic E-state index is 6.02. The molecule has 1 aliphatic rings. The van der Waals surface area contributed by atoms with Gasteiger partial charge in [0.05, 0.1) is 0 Å². The molecule has 1 aromatic rings. The number of halogens is 2. The van der Waals surface area contributed by atoms with Crippen molar-refractivity contribution in [1.29, 1.82) is 0 Å². The van der Waals surface area contributed by atoms with E-state index in [1.165, 1.54) is 37.0 Å². The van der Waals surface area contributed by atoms with E-state index in [1.807, 2.05) is 0 Å². The number of rotatable bonds is 5. The summed E-state index contributed by atoms with van der Waals surface area (Å²) in [5.74, 6) is 1.91. The quantitative estimate of drug-likeness (QED) is 0.694. The van der Waals surface area contributed by atoms with Gasteiger partial charge in [-0.05, 0) is 46.8 Å². The minimum absolute atomic E-state index is 0.855. The predicted octanol–water partition coefficient (Wildman–Crippen LogP) is 5.47. The molecule has 0 atom stereocenters. The highest BCUT2D eigenvalue weighted by molar-refractivity contribution is 9.10. The summed E-state index contributed by atoms with van der Waals surface area (Å²) in [4.78, 5) is 1.31. The number of hydrogen-bond acceptors (Lipinski definition) is 2. The lowest BCUT2D eigenvalue weighted by Gasteiger charge is -2.26. The molecule has 1 aliphatic carbocycles. The van der Waals surface area contributed by atoms with Gasteiger partial charge < -0.3 is 5.32 Å². The van der Waals surface area contributed by atoms with E-state index in [9.17, 15) is 0 Å². The van der Waals surface area contributed by atoms with Gasteiger partial charge in [-0.15, -0.1) is 11.3 Å².